The van der Waals surface area contributed by atoms with E-state index < -0.39 is 0 Å². The van der Waals surface area contributed by atoms with Gasteiger partial charge in [0.15, 0.2) is 0 Å². The van der Waals surface area contributed by atoms with E-state index in [2.05, 4.69) is 30.8 Å². The van der Waals surface area contributed by atoms with Gasteiger partial charge in [0, 0.05) is 26.6 Å². The Labute approximate surface area is 106 Å². The predicted octanol–water partition coefficient (Wildman–Crippen LogP) is 0.691. The number of hydrogen-bond donors (Lipinski definition) is 2. The molecule has 0 aliphatic rings. The third kappa shape index (κ3) is 3.16. The van der Waals surface area contributed by atoms with Gasteiger partial charge in [0.2, 0.25) is 0 Å². The van der Waals surface area contributed by atoms with Crippen LogP contribution in [-0.2, 0) is 13.5 Å². The number of nitrogens with one attached hydrogen (secondary N) is 2. The van der Waals surface area contributed by atoms with Gasteiger partial charge in [-0.15, -0.1) is 10.2 Å². The fourth-order valence-corrected chi connectivity index (χ4v) is 1.55. The molecule has 2 rings (SSSR count). The summed E-state index contributed by atoms with van der Waals surface area (Å²) >= 11 is 0. The third-order valence-electron chi connectivity index (χ3n) is 2.45. The molecule has 0 saturated carbocycles. The maximum absolute atomic E-state index is 4.38. The van der Waals surface area contributed by atoms with Crippen molar-refractivity contribution >= 4 is 11.6 Å². The predicted molar refractivity (Wildman–Crippen MR) is 69.4 cm³/mol. The van der Waals surface area contributed by atoms with Gasteiger partial charge in [-0.25, -0.2) is 4.98 Å². The van der Waals surface area contributed by atoms with Gasteiger partial charge in [0.05, 0.1) is 12.4 Å². The number of rotatable bonds is 6. The van der Waals surface area contributed by atoms with Crippen molar-refractivity contribution in [2.24, 2.45) is 7.05 Å². The molecule has 2 aromatic heterocycles. The Balaban J connectivity index is 1.86. The van der Waals surface area contributed by atoms with E-state index in [1.807, 2.05) is 18.5 Å². The summed E-state index contributed by atoms with van der Waals surface area (Å²) < 4.78 is 1.91. The van der Waals surface area contributed by atoms with Crippen molar-refractivity contribution in [1.29, 1.82) is 0 Å². The zero-order chi connectivity index (χ0) is 12.8. The quantitative estimate of drug-likeness (QED) is 0.781. The monoisotopic (exact) mass is 247 g/mol. The van der Waals surface area contributed by atoms with E-state index in [9.17, 15) is 0 Å². The van der Waals surface area contributed by atoms with E-state index in [1.54, 1.807) is 18.7 Å². The number of hydrogen-bond acceptors (Lipinski definition) is 6. The van der Waals surface area contributed by atoms with Gasteiger partial charge in [0.25, 0.3) is 0 Å². The fraction of sp³-hybridized carbons (Fsp3) is 0.455. The van der Waals surface area contributed by atoms with Crippen LogP contribution in [0.15, 0.2) is 18.7 Å². The molecule has 0 aliphatic carbocycles. The second-order valence-electron chi connectivity index (χ2n) is 3.85. The lowest BCUT2D eigenvalue weighted by molar-refractivity contribution is 0.787. The minimum absolute atomic E-state index is 0.747. The first-order valence-electron chi connectivity index (χ1n) is 5.92. The molecular weight excluding hydrogens is 230 g/mol. The van der Waals surface area contributed by atoms with Gasteiger partial charge in [-0.2, -0.15) is 0 Å². The Bertz CT molecular complexity index is 494. The van der Waals surface area contributed by atoms with E-state index in [4.69, 9.17) is 0 Å². The molecule has 2 aromatic rings. The van der Waals surface area contributed by atoms with Gasteiger partial charge in [-0.3, -0.25) is 4.98 Å². The molecule has 0 bridgehead atoms. The molecule has 0 unspecified atom stereocenters. The van der Waals surface area contributed by atoms with Gasteiger partial charge < -0.3 is 15.2 Å². The first-order valence-corrected chi connectivity index (χ1v) is 5.92. The minimum Gasteiger partial charge on any atom is -0.369 e. The highest BCUT2D eigenvalue weighted by atomic mass is 15.2. The number of aryl methyl sites for hydroxylation is 1. The normalized spacial score (nSPS) is 10.3. The van der Waals surface area contributed by atoms with Gasteiger partial charge in [-0.1, -0.05) is 0 Å². The van der Waals surface area contributed by atoms with Crippen LogP contribution in [0.1, 0.15) is 12.7 Å². The van der Waals surface area contributed by atoms with Crippen LogP contribution in [0, 0.1) is 0 Å². The average molecular weight is 247 g/mol. The van der Waals surface area contributed by atoms with Crippen molar-refractivity contribution in [3.05, 3.63) is 24.5 Å². The molecule has 0 amide bonds. The van der Waals surface area contributed by atoms with Crippen molar-refractivity contribution in [3.8, 4) is 0 Å². The Morgan fingerprint density at radius 3 is 2.67 bits per heavy atom. The summed E-state index contributed by atoms with van der Waals surface area (Å²) in [4.78, 5) is 8.49. The third-order valence-corrected chi connectivity index (χ3v) is 2.45. The van der Waals surface area contributed by atoms with Crippen LogP contribution in [0.4, 0.5) is 11.6 Å². The second kappa shape index (κ2) is 5.95. The zero-order valence-corrected chi connectivity index (χ0v) is 10.6. The fourth-order valence-electron chi connectivity index (χ4n) is 1.55. The largest absolute Gasteiger partial charge is 0.369 e. The summed E-state index contributed by atoms with van der Waals surface area (Å²) in [7, 11) is 1.93. The molecule has 0 saturated heterocycles. The van der Waals surface area contributed by atoms with E-state index in [-0.39, 0.29) is 0 Å². The van der Waals surface area contributed by atoms with Crippen molar-refractivity contribution < 1.29 is 0 Å². The van der Waals surface area contributed by atoms with Crippen molar-refractivity contribution in [2.75, 3.05) is 23.7 Å². The van der Waals surface area contributed by atoms with Crippen molar-refractivity contribution in [1.82, 2.24) is 24.7 Å². The van der Waals surface area contributed by atoms with Crippen LogP contribution in [0.3, 0.4) is 0 Å². The zero-order valence-electron chi connectivity index (χ0n) is 10.6. The number of nitrogens with zero attached hydrogens (tertiary/aromatic N) is 5. The van der Waals surface area contributed by atoms with E-state index >= 15 is 0 Å². The minimum atomic E-state index is 0.747. The molecular formula is C11H17N7. The van der Waals surface area contributed by atoms with Gasteiger partial charge in [0.1, 0.15) is 23.8 Å². The first kappa shape index (κ1) is 12.3. The van der Waals surface area contributed by atoms with E-state index in [1.165, 1.54) is 0 Å². The Morgan fingerprint density at radius 2 is 2.00 bits per heavy atom. The molecule has 0 aromatic carbocycles. The SMILES string of the molecule is CCNc1cncc(NCCc2nncn2C)n1. The van der Waals surface area contributed by atoms with Crippen LogP contribution in [0.2, 0.25) is 0 Å². The molecule has 0 spiro atoms. The lowest BCUT2D eigenvalue weighted by Gasteiger charge is -2.07. The first-order chi connectivity index (χ1) is 8.79. The van der Waals surface area contributed by atoms with Gasteiger partial charge in [-0.05, 0) is 6.92 Å². The standard InChI is InChI=1S/C11H17N7/c1-3-13-9-6-12-7-10(16-9)14-5-4-11-17-15-8-18(11)2/h6-8H,3-5H2,1-2H3,(H2,13,14,16). The van der Waals surface area contributed by atoms with E-state index in [0.29, 0.717) is 0 Å². The van der Waals surface area contributed by atoms with Crippen LogP contribution >= 0.6 is 0 Å². The smallest absolute Gasteiger partial charge is 0.146 e. The van der Waals surface area contributed by atoms with Crippen molar-refractivity contribution in [3.63, 3.8) is 0 Å². The van der Waals surface area contributed by atoms with Crippen LogP contribution in [-0.4, -0.2) is 37.8 Å². The molecule has 7 nitrogen and oxygen atoms in total. The molecule has 7 heteroatoms. The summed E-state index contributed by atoms with van der Waals surface area (Å²) in [6.07, 6.45) is 5.90. The lowest BCUT2D eigenvalue weighted by atomic mass is 10.4. The second-order valence-corrected chi connectivity index (χ2v) is 3.85. The van der Waals surface area contributed by atoms with Gasteiger partial charge >= 0.3 is 0 Å². The molecule has 0 fully saturated rings. The molecule has 2 N–H and O–H groups in total. The Hall–Kier alpha value is -2.18. The Morgan fingerprint density at radius 1 is 1.22 bits per heavy atom. The lowest BCUT2D eigenvalue weighted by Crippen LogP contribution is -2.10. The van der Waals surface area contributed by atoms with Crippen LogP contribution in [0.5, 0.6) is 0 Å². The van der Waals surface area contributed by atoms with E-state index in [0.717, 1.165) is 37.0 Å². The van der Waals surface area contributed by atoms with Crippen LogP contribution < -0.4 is 10.6 Å². The molecule has 0 atom stereocenters. The molecule has 0 radical (unpaired) electrons. The maximum atomic E-state index is 4.38. The highest BCUT2D eigenvalue weighted by Gasteiger charge is 2.01. The summed E-state index contributed by atoms with van der Waals surface area (Å²) in [5, 5.41) is 14.2. The molecule has 2 heterocycles. The summed E-state index contributed by atoms with van der Waals surface area (Å²) in [6, 6.07) is 0. The highest BCUT2D eigenvalue weighted by molar-refractivity contribution is 5.41. The van der Waals surface area contributed by atoms with Crippen LogP contribution in [0.25, 0.3) is 0 Å². The van der Waals surface area contributed by atoms with Crippen molar-refractivity contribution in [2.45, 2.75) is 13.3 Å². The average Bonchev–Trinajstić information content (AvgIpc) is 2.76. The maximum Gasteiger partial charge on any atom is 0.146 e. The Kier molecular flexibility index (Phi) is 4.06. The summed E-state index contributed by atoms with van der Waals surface area (Å²) in [5.41, 5.74) is 0. The highest BCUT2D eigenvalue weighted by Crippen LogP contribution is 2.06. The molecule has 18 heavy (non-hydrogen) atoms. The summed E-state index contributed by atoms with van der Waals surface area (Å²) in [6.45, 7) is 3.60. The summed E-state index contributed by atoms with van der Waals surface area (Å²) in [5.74, 6) is 2.48. The topological polar surface area (TPSA) is 80.5 Å². The molecule has 96 valence electrons. The molecule has 0 aliphatic heterocycles. The number of anilines is 2. The number of aromatic nitrogens is 5.